The van der Waals surface area contributed by atoms with E-state index >= 15 is 0 Å². The molecule has 1 saturated carbocycles. The number of ketones is 1. The van der Waals surface area contributed by atoms with Crippen LogP contribution in [-0.2, 0) is 28.5 Å². The maximum atomic E-state index is 13.7. The highest BCUT2D eigenvalue weighted by Gasteiger charge is 2.49. The number of aliphatic hydroxyl groups excluding tert-OH is 1. The largest absolute Gasteiger partial charge is 0.463 e. The topological polar surface area (TPSA) is 97.8 Å². The van der Waals surface area contributed by atoms with Gasteiger partial charge in [0.15, 0.2) is 12.1 Å². The van der Waals surface area contributed by atoms with Crippen molar-refractivity contribution in [3.63, 3.8) is 0 Å². The third kappa shape index (κ3) is 6.96. The Bertz CT molecular complexity index is 806. The molecule has 3 fully saturated rings. The summed E-state index contributed by atoms with van der Waals surface area (Å²) < 4.78 is 24.5. The van der Waals surface area contributed by atoms with E-state index in [2.05, 4.69) is 25.3 Å². The number of hydrogen-bond acceptors (Lipinski definition) is 9. The Kier molecular flexibility index (Phi) is 10.8. The summed E-state index contributed by atoms with van der Waals surface area (Å²) in [6.07, 6.45) is 2.84. The molecule has 1 unspecified atom stereocenters. The molecule has 0 bridgehead atoms. The highest BCUT2D eigenvalue weighted by atomic mass is 16.7. The third-order valence-electron chi connectivity index (χ3n) is 9.11. The number of cyclic esters (lactones) is 1. The SMILES string of the molecule is CO[C@]1(C)C[C@@H](C)CN(C)[C@H](C2C[CH]C2)COC(=O)C(C)C(=O)[C@H](C)[C@H]1O[C@@H]1O[C@H](C)C[C@H](N(C)C)[C@H]1O. The number of carbonyl (C=O) groups is 2. The fourth-order valence-corrected chi connectivity index (χ4v) is 6.54. The second-order valence-corrected chi connectivity index (χ2v) is 12.5. The minimum Gasteiger partial charge on any atom is -0.463 e. The summed E-state index contributed by atoms with van der Waals surface area (Å²) in [5.41, 5.74) is -0.871. The van der Waals surface area contributed by atoms with Crippen LogP contribution in [0.5, 0.6) is 0 Å². The Hall–Kier alpha value is -1.10. The van der Waals surface area contributed by atoms with Gasteiger partial charge in [-0.3, -0.25) is 14.5 Å². The lowest BCUT2D eigenvalue weighted by Gasteiger charge is -2.47. The molecule has 0 spiro atoms. The van der Waals surface area contributed by atoms with Crippen molar-refractivity contribution in [1.29, 1.82) is 0 Å². The van der Waals surface area contributed by atoms with Crippen molar-refractivity contribution in [2.24, 2.45) is 23.7 Å². The molecule has 1 N–H and O–H groups in total. The van der Waals surface area contributed by atoms with Gasteiger partial charge >= 0.3 is 5.97 Å². The summed E-state index contributed by atoms with van der Waals surface area (Å²) in [5.74, 6) is -1.78. The first-order valence-corrected chi connectivity index (χ1v) is 14.2. The molecular formula is C29H51N2O7. The molecule has 38 heavy (non-hydrogen) atoms. The molecule has 219 valence electrons. The Morgan fingerprint density at radius 3 is 2.37 bits per heavy atom. The van der Waals surface area contributed by atoms with Crippen LogP contribution in [0.2, 0.25) is 0 Å². The first-order chi connectivity index (χ1) is 17.8. The zero-order chi connectivity index (χ0) is 28.4. The summed E-state index contributed by atoms with van der Waals surface area (Å²) in [7, 11) is 7.56. The second kappa shape index (κ2) is 13.0. The van der Waals surface area contributed by atoms with E-state index in [1.807, 2.05) is 32.8 Å². The molecule has 2 heterocycles. The van der Waals surface area contributed by atoms with Crippen LogP contribution in [0.1, 0.15) is 60.3 Å². The predicted octanol–water partition coefficient (Wildman–Crippen LogP) is 2.54. The second-order valence-electron chi connectivity index (χ2n) is 12.5. The van der Waals surface area contributed by atoms with Gasteiger partial charge in [0, 0.05) is 31.7 Å². The van der Waals surface area contributed by atoms with Crippen molar-refractivity contribution in [3.05, 3.63) is 6.42 Å². The van der Waals surface area contributed by atoms with E-state index in [1.54, 1.807) is 21.0 Å². The van der Waals surface area contributed by atoms with Crippen molar-refractivity contribution in [3.8, 4) is 0 Å². The summed E-state index contributed by atoms with van der Waals surface area (Å²) in [6.45, 7) is 10.5. The number of aliphatic hydroxyl groups is 1. The molecule has 1 aliphatic carbocycles. The number of ether oxygens (including phenoxy) is 4. The van der Waals surface area contributed by atoms with E-state index in [0.29, 0.717) is 18.8 Å². The molecule has 0 aromatic carbocycles. The van der Waals surface area contributed by atoms with Crippen LogP contribution in [0.3, 0.4) is 0 Å². The lowest BCUT2D eigenvalue weighted by molar-refractivity contribution is -0.295. The molecule has 1 radical (unpaired) electrons. The predicted molar refractivity (Wildman–Crippen MR) is 144 cm³/mol. The van der Waals surface area contributed by atoms with E-state index in [0.717, 1.165) is 19.4 Å². The van der Waals surface area contributed by atoms with Gasteiger partial charge in [0.1, 0.15) is 18.6 Å². The van der Waals surface area contributed by atoms with E-state index in [9.17, 15) is 14.7 Å². The van der Waals surface area contributed by atoms with Gasteiger partial charge in [-0.05, 0) is 85.9 Å². The first kappa shape index (κ1) is 31.4. The average Bonchev–Trinajstić information content (AvgIpc) is 2.82. The molecule has 9 nitrogen and oxygen atoms in total. The van der Waals surface area contributed by atoms with Gasteiger partial charge in [0.2, 0.25) is 0 Å². The van der Waals surface area contributed by atoms with Gasteiger partial charge < -0.3 is 29.0 Å². The minimum atomic E-state index is -0.945. The third-order valence-corrected chi connectivity index (χ3v) is 9.11. The van der Waals surface area contributed by atoms with Crippen LogP contribution in [0, 0.1) is 30.1 Å². The molecule has 3 aliphatic rings. The number of hydrogen-bond donors (Lipinski definition) is 1. The molecule has 0 aromatic heterocycles. The van der Waals surface area contributed by atoms with Crippen molar-refractivity contribution in [1.82, 2.24) is 9.80 Å². The summed E-state index contributed by atoms with van der Waals surface area (Å²) in [6, 6.07) is -0.0524. The van der Waals surface area contributed by atoms with Gasteiger partial charge in [-0.2, -0.15) is 0 Å². The maximum Gasteiger partial charge on any atom is 0.316 e. The lowest BCUT2D eigenvalue weighted by atomic mass is 9.78. The van der Waals surface area contributed by atoms with Crippen LogP contribution >= 0.6 is 0 Å². The van der Waals surface area contributed by atoms with E-state index in [1.165, 1.54) is 0 Å². The molecule has 0 aromatic rings. The molecule has 10 atom stereocenters. The average molecular weight is 540 g/mol. The number of esters is 1. The van der Waals surface area contributed by atoms with Crippen LogP contribution in [0.25, 0.3) is 0 Å². The van der Waals surface area contributed by atoms with Gasteiger partial charge in [-0.25, -0.2) is 0 Å². The smallest absolute Gasteiger partial charge is 0.316 e. The van der Waals surface area contributed by atoms with Crippen molar-refractivity contribution in [2.75, 3.05) is 41.4 Å². The molecule has 9 heteroatoms. The monoisotopic (exact) mass is 539 g/mol. The molecule has 0 amide bonds. The standard InChI is InChI=1S/C29H51N2O7/c1-17-14-29(5,35-9)26(38-28-25(33)22(30(6)7)13-18(2)37-28)19(3)24(32)20(4)27(34)36-16-23(31(8)15-17)21-11-10-12-21/h10,17-23,25-26,28,33H,11-16H2,1-9H3/t17-,18-,19+,20?,22+,23+,25-,26-,28+,29-/m1/s1. The fourth-order valence-electron chi connectivity index (χ4n) is 6.54. The van der Waals surface area contributed by atoms with Gasteiger partial charge in [-0.1, -0.05) is 13.8 Å². The first-order valence-electron chi connectivity index (χ1n) is 14.2. The summed E-state index contributed by atoms with van der Waals surface area (Å²) >= 11 is 0. The zero-order valence-corrected chi connectivity index (χ0v) is 24.9. The number of likely N-dealkylation sites (N-methyl/N-ethyl adjacent to an activating group) is 2. The van der Waals surface area contributed by atoms with Crippen molar-refractivity contribution < 1.29 is 33.6 Å². The molecule has 2 aliphatic heterocycles. The number of methoxy groups -OCH3 is 1. The summed E-state index contributed by atoms with van der Waals surface area (Å²) in [4.78, 5) is 31.0. The van der Waals surface area contributed by atoms with E-state index < -0.39 is 41.9 Å². The van der Waals surface area contributed by atoms with E-state index in [-0.39, 0.29) is 36.5 Å². The quantitative estimate of drug-likeness (QED) is 0.418. The number of Topliss-reactive ketones (excluding diaryl/α,β-unsaturated/α-hetero) is 1. The zero-order valence-electron chi connectivity index (χ0n) is 24.9. The Balaban J connectivity index is 1.94. The van der Waals surface area contributed by atoms with Crippen molar-refractivity contribution in [2.45, 2.75) is 103 Å². The number of carbonyl (C=O) groups excluding carboxylic acids is 2. The Morgan fingerprint density at radius 1 is 1.16 bits per heavy atom. The Morgan fingerprint density at radius 2 is 1.82 bits per heavy atom. The van der Waals surface area contributed by atoms with Crippen LogP contribution < -0.4 is 0 Å². The number of nitrogens with zero attached hydrogens (tertiary/aromatic N) is 2. The van der Waals surface area contributed by atoms with Crippen LogP contribution in [0.15, 0.2) is 0 Å². The van der Waals surface area contributed by atoms with Gasteiger partial charge in [-0.15, -0.1) is 0 Å². The Labute approximate surface area is 229 Å². The molecular weight excluding hydrogens is 488 g/mol. The normalized spacial score (nSPS) is 43.1. The highest BCUT2D eigenvalue weighted by molar-refractivity contribution is 5.99. The van der Waals surface area contributed by atoms with Gasteiger partial charge in [0.05, 0.1) is 17.8 Å². The van der Waals surface area contributed by atoms with Crippen LogP contribution in [-0.4, -0.2) is 110 Å². The maximum absolute atomic E-state index is 13.7. The number of rotatable bonds is 5. The highest BCUT2D eigenvalue weighted by Crippen LogP contribution is 2.37. The summed E-state index contributed by atoms with van der Waals surface area (Å²) in [5, 5.41) is 11.2. The molecule has 3 rings (SSSR count). The minimum absolute atomic E-state index is 0.1000. The van der Waals surface area contributed by atoms with Gasteiger partial charge in [0.25, 0.3) is 0 Å². The van der Waals surface area contributed by atoms with Crippen LogP contribution in [0.4, 0.5) is 0 Å². The van der Waals surface area contributed by atoms with E-state index in [4.69, 9.17) is 18.9 Å². The fraction of sp³-hybridized carbons (Fsp3) is 0.897. The van der Waals surface area contributed by atoms with Crippen molar-refractivity contribution >= 4 is 11.8 Å². The lowest BCUT2D eigenvalue weighted by Crippen LogP contribution is -2.59. The molecule has 2 saturated heterocycles.